The highest BCUT2D eigenvalue weighted by Gasteiger charge is 2.06. The fourth-order valence-electron chi connectivity index (χ4n) is 1.54. The van der Waals surface area contributed by atoms with Crippen molar-refractivity contribution in [1.29, 1.82) is 0 Å². The number of aromatic nitrogens is 2. The van der Waals surface area contributed by atoms with Gasteiger partial charge in [-0.25, -0.2) is 0 Å². The zero-order valence-corrected chi connectivity index (χ0v) is 9.27. The lowest BCUT2D eigenvalue weighted by Crippen LogP contribution is -2.07. The van der Waals surface area contributed by atoms with Crippen molar-refractivity contribution >= 4 is 12.0 Å². The molecule has 0 unspecified atom stereocenters. The third kappa shape index (κ3) is 1.82. The molecule has 0 fully saturated rings. The van der Waals surface area contributed by atoms with Gasteiger partial charge in [-0.15, -0.1) is 0 Å². The lowest BCUT2D eigenvalue weighted by atomic mass is 10.1. The standard InChI is InChI=1S/C12H13N3O/c1-15(2)11-5-3-9(4-6-11)12-10(8-16)7-13-14-12/h3-8H,1-2H3,(H,13,14). The van der Waals surface area contributed by atoms with Gasteiger partial charge in [-0.3, -0.25) is 9.89 Å². The van der Waals surface area contributed by atoms with E-state index >= 15 is 0 Å². The predicted molar refractivity (Wildman–Crippen MR) is 63.7 cm³/mol. The van der Waals surface area contributed by atoms with Crippen LogP contribution in [-0.4, -0.2) is 30.6 Å². The molecule has 1 aromatic carbocycles. The minimum atomic E-state index is 0.581. The fourth-order valence-corrected chi connectivity index (χ4v) is 1.54. The number of aromatic amines is 1. The van der Waals surface area contributed by atoms with Crippen LogP contribution in [0.1, 0.15) is 10.4 Å². The monoisotopic (exact) mass is 215 g/mol. The highest BCUT2D eigenvalue weighted by atomic mass is 16.1. The van der Waals surface area contributed by atoms with Gasteiger partial charge in [0.1, 0.15) is 0 Å². The van der Waals surface area contributed by atoms with Crippen LogP contribution in [0.5, 0.6) is 0 Å². The number of H-pyrrole nitrogens is 1. The zero-order chi connectivity index (χ0) is 11.5. The Labute approximate surface area is 93.9 Å². The number of nitrogens with one attached hydrogen (secondary N) is 1. The number of benzene rings is 1. The second-order valence-corrected chi connectivity index (χ2v) is 3.76. The number of hydrogen-bond acceptors (Lipinski definition) is 3. The van der Waals surface area contributed by atoms with E-state index < -0.39 is 0 Å². The summed E-state index contributed by atoms with van der Waals surface area (Å²) in [6, 6.07) is 7.95. The van der Waals surface area contributed by atoms with Gasteiger partial charge in [-0.2, -0.15) is 5.10 Å². The summed E-state index contributed by atoms with van der Waals surface area (Å²) >= 11 is 0. The van der Waals surface area contributed by atoms with Gasteiger partial charge in [0, 0.05) is 25.3 Å². The van der Waals surface area contributed by atoms with Crippen LogP contribution in [0.25, 0.3) is 11.3 Å². The van der Waals surface area contributed by atoms with Crippen LogP contribution in [0.3, 0.4) is 0 Å². The summed E-state index contributed by atoms with van der Waals surface area (Å²) in [5.41, 5.74) is 3.43. The lowest BCUT2D eigenvalue weighted by molar-refractivity contribution is 0.112. The molecule has 4 nitrogen and oxygen atoms in total. The van der Waals surface area contributed by atoms with Gasteiger partial charge in [0.25, 0.3) is 0 Å². The molecule has 0 spiro atoms. The Bertz CT molecular complexity index is 485. The van der Waals surface area contributed by atoms with Crippen molar-refractivity contribution in [3.8, 4) is 11.3 Å². The first kappa shape index (κ1) is 10.4. The average molecular weight is 215 g/mol. The number of aldehydes is 1. The van der Waals surface area contributed by atoms with Crippen molar-refractivity contribution in [2.75, 3.05) is 19.0 Å². The normalized spacial score (nSPS) is 10.1. The fraction of sp³-hybridized carbons (Fsp3) is 0.167. The average Bonchev–Trinajstić information content (AvgIpc) is 2.77. The predicted octanol–water partition coefficient (Wildman–Crippen LogP) is 1.96. The van der Waals surface area contributed by atoms with Crippen molar-refractivity contribution < 1.29 is 4.79 Å². The summed E-state index contributed by atoms with van der Waals surface area (Å²) in [5.74, 6) is 0. The van der Waals surface area contributed by atoms with E-state index in [1.54, 1.807) is 0 Å². The van der Waals surface area contributed by atoms with E-state index in [2.05, 4.69) is 10.2 Å². The lowest BCUT2D eigenvalue weighted by Gasteiger charge is -2.12. The Morgan fingerprint density at radius 3 is 2.50 bits per heavy atom. The van der Waals surface area contributed by atoms with E-state index in [0.717, 1.165) is 23.2 Å². The molecule has 1 aromatic heterocycles. The molecule has 0 aliphatic rings. The van der Waals surface area contributed by atoms with Crippen molar-refractivity contribution in [2.45, 2.75) is 0 Å². The molecular weight excluding hydrogens is 202 g/mol. The molecule has 4 heteroatoms. The molecule has 16 heavy (non-hydrogen) atoms. The Balaban J connectivity index is 2.38. The van der Waals surface area contributed by atoms with Gasteiger partial charge in [0.15, 0.2) is 6.29 Å². The minimum absolute atomic E-state index is 0.581. The molecule has 0 amide bonds. The van der Waals surface area contributed by atoms with E-state index in [0.29, 0.717) is 5.56 Å². The van der Waals surface area contributed by atoms with Crippen LogP contribution in [0.2, 0.25) is 0 Å². The van der Waals surface area contributed by atoms with E-state index in [-0.39, 0.29) is 0 Å². The molecule has 0 aliphatic carbocycles. The zero-order valence-electron chi connectivity index (χ0n) is 9.27. The molecule has 82 valence electrons. The molecule has 0 atom stereocenters. The van der Waals surface area contributed by atoms with Gasteiger partial charge >= 0.3 is 0 Å². The third-order valence-corrected chi connectivity index (χ3v) is 2.47. The number of rotatable bonds is 3. The van der Waals surface area contributed by atoms with Crippen molar-refractivity contribution in [3.63, 3.8) is 0 Å². The summed E-state index contributed by atoms with van der Waals surface area (Å²) in [6.45, 7) is 0. The van der Waals surface area contributed by atoms with Gasteiger partial charge in [-0.1, -0.05) is 12.1 Å². The molecule has 0 saturated heterocycles. The van der Waals surface area contributed by atoms with Crippen LogP contribution in [0.15, 0.2) is 30.5 Å². The minimum Gasteiger partial charge on any atom is -0.378 e. The Morgan fingerprint density at radius 1 is 1.25 bits per heavy atom. The quantitative estimate of drug-likeness (QED) is 0.796. The van der Waals surface area contributed by atoms with E-state index in [1.165, 1.54) is 6.20 Å². The Hall–Kier alpha value is -2.10. The Kier molecular flexibility index (Phi) is 2.72. The maximum atomic E-state index is 10.8. The summed E-state index contributed by atoms with van der Waals surface area (Å²) in [7, 11) is 3.98. The molecule has 2 rings (SSSR count). The molecule has 1 N–H and O–H groups in total. The molecular formula is C12H13N3O. The first-order chi connectivity index (χ1) is 7.72. The summed E-state index contributed by atoms with van der Waals surface area (Å²) < 4.78 is 0. The molecule has 0 saturated carbocycles. The number of nitrogens with zero attached hydrogens (tertiary/aromatic N) is 2. The molecule has 0 radical (unpaired) electrons. The first-order valence-electron chi connectivity index (χ1n) is 4.98. The molecule has 2 aromatic rings. The van der Waals surface area contributed by atoms with E-state index in [4.69, 9.17) is 0 Å². The van der Waals surface area contributed by atoms with Crippen molar-refractivity contribution in [2.24, 2.45) is 0 Å². The number of hydrogen-bond donors (Lipinski definition) is 1. The smallest absolute Gasteiger partial charge is 0.153 e. The molecule has 1 heterocycles. The summed E-state index contributed by atoms with van der Waals surface area (Å²) in [5, 5.41) is 6.69. The van der Waals surface area contributed by atoms with Crippen LogP contribution >= 0.6 is 0 Å². The number of carbonyl (C=O) groups excluding carboxylic acids is 1. The summed E-state index contributed by atoms with van der Waals surface area (Å²) in [6.07, 6.45) is 2.33. The highest BCUT2D eigenvalue weighted by Crippen LogP contribution is 2.22. The largest absolute Gasteiger partial charge is 0.378 e. The van der Waals surface area contributed by atoms with Gasteiger partial charge in [0.2, 0.25) is 0 Å². The second-order valence-electron chi connectivity index (χ2n) is 3.76. The van der Waals surface area contributed by atoms with Crippen LogP contribution < -0.4 is 4.90 Å². The third-order valence-electron chi connectivity index (χ3n) is 2.47. The summed E-state index contributed by atoms with van der Waals surface area (Å²) in [4.78, 5) is 12.8. The maximum Gasteiger partial charge on any atom is 0.153 e. The topological polar surface area (TPSA) is 49.0 Å². The second kappa shape index (κ2) is 4.18. The van der Waals surface area contributed by atoms with Gasteiger partial charge in [0.05, 0.1) is 17.5 Å². The Morgan fingerprint density at radius 2 is 1.94 bits per heavy atom. The highest BCUT2D eigenvalue weighted by molar-refractivity contribution is 5.85. The van der Waals surface area contributed by atoms with E-state index in [1.807, 2.05) is 43.3 Å². The molecule has 0 aliphatic heterocycles. The number of anilines is 1. The van der Waals surface area contributed by atoms with Crippen molar-refractivity contribution in [3.05, 3.63) is 36.0 Å². The first-order valence-corrected chi connectivity index (χ1v) is 4.98. The van der Waals surface area contributed by atoms with Crippen LogP contribution in [-0.2, 0) is 0 Å². The molecule has 0 bridgehead atoms. The van der Waals surface area contributed by atoms with Crippen LogP contribution in [0.4, 0.5) is 5.69 Å². The van der Waals surface area contributed by atoms with Gasteiger partial charge in [-0.05, 0) is 12.1 Å². The van der Waals surface area contributed by atoms with Crippen molar-refractivity contribution in [1.82, 2.24) is 10.2 Å². The van der Waals surface area contributed by atoms with E-state index in [9.17, 15) is 4.79 Å². The SMILES string of the molecule is CN(C)c1ccc(-c2[nH]ncc2C=O)cc1. The maximum absolute atomic E-state index is 10.8. The van der Waals surface area contributed by atoms with Crippen LogP contribution in [0, 0.1) is 0 Å². The van der Waals surface area contributed by atoms with Gasteiger partial charge < -0.3 is 4.90 Å². The number of carbonyl (C=O) groups is 1.